The Balaban J connectivity index is 1.53. The van der Waals surface area contributed by atoms with E-state index >= 15 is 0 Å². The zero-order valence-electron chi connectivity index (χ0n) is 16.1. The molecule has 1 saturated heterocycles. The van der Waals surface area contributed by atoms with Crippen molar-refractivity contribution in [2.45, 2.75) is 32.0 Å². The van der Waals surface area contributed by atoms with Crippen LogP contribution in [-0.2, 0) is 17.5 Å². The highest BCUT2D eigenvalue weighted by molar-refractivity contribution is 5.79. The van der Waals surface area contributed by atoms with Crippen molar-refractivity contribution in [3.8, 4) is 0 Å². The largest absolute Gasteiger partial charge is 0.416 e. The number of alkyl halides is 3. The van der Waals surface area contributed by atoms with Crippen LogP contribution in [0.3, 0.4) is 0 Å². The van der Waals surface area contributed by atoms with Crippen LogP contribution in [0.2, 0.25) is 0 Å². The van der Waals surface area contributed by atoms with Gasteiger partial charge in [-0.05, 0) is 31.4 Å². The summed E-state index contributed by atoms with van der Waals surface area (Å²) in [7, 11) is 0. The molecule has 30 heavy (non-hydrogen) atoms. The van der Waals surface area contributed by atoms with Crippen molar-refractivity contribution < 1.29 is 22.9 Å². The Kier molecular flexibility index (Phi) is 6.58. The van der Waals surface area contributed by atoms with Crippen LogP contribution in [0.4, 0.5) is 24.5 Å². The van der Waals surface area contributed by atoms with Gasteiger partial charge in [0.1, 0.15) is 5.69 Å². The monoisotopic (exact) mass is 425 g/mol. The minimum atomic E-state index is -4.65. The third-order valence-corrected chi connectivity index (χ3v) is 5.16. The third kappa shape index (κ3) is 5.28. The lowest BCUT2D eigenvalue weighted by Crippen LogP contribution is -2.41. The van der Waals surface area contributed by atoms with Crippen molar-refractivity contribution in [3.05, 3.63) is 52.6 Å². The van der Waals surface area contributed by atoms with Crippen LogP contribution < -0.4 is 10.2 Å². The molecule has 1 N–H and O–H groups in total. The van der Waals surface area contributed by atoms with E-state index in [1.54, 1.807) is 17.4 Å². The van der Waals surface area contributed by atoms with Gasteiger partial charge in [0.05, 0.1) is 16.8 Å². The van der Waals surface area contributed by atoms with Gasteiger partial charge in [0.15, 0.2) is 0 Å². The van der Waals surface area contributed by atoms with Gasteiger partial charge in [-0.3, -0.25) is 14.9 Å². The number of nitro groups is 1. The molecule has 1 fully saturated rings. The van der Waals surface area contributed by atoms with E-state index in [4.69, 9.17) is 0 Å². The molecule has 1 amide bonds. The van der Waals surface area contributed by atoms with Crippen LogP contribution in [0.25, 0.3) is 0 Å². The molecule has 11 heteroatoms. The average molecular weight is 425 g/mol. The number of rotatable bonds is 7. The van der Waals surface area contributed by atoms with Gasteiger partial charge in [-0.25, -0.2) is 4.98 Å². The van der Waals surface area contributed by atoms with Crippen LogP contribution in [0.1, 0.15) is 24.8 Å². The second-order valence-corrected chi connectivity index (χ2v) is 7.16. The third-order valence-electron chi connectivity index (χ3n) is 5.16. The SMILES string of the molecule is O=C(NCCCn1ccnc1)C1CCN(c2ccc(C(F)(F)F)cc2[N+](=O)[O-])CC1. The molecule has 0 radical (unpaired) electrons. The summed E-state index contributed by atoms with van der Waals surface area (Å²) in [6.45, 7) is 2.00. The van der Waals surface area contributed by atoms with Crippen molar-refractivity contribution in [2.75, 3.05) is 24.5 Å². The van der Waals surface area contributed by atoms with Crippen LogP contribution >= 0.6 is 0 Å². The number of hydrogen-bond acceptors (Lipinski definition) is 5. The van der Waals surface area contributed by atoms with E-state index in [-0.39, 0.29) is 17.5 Å². The van der Waals surface area contributed by atoms with Crippen LogP contribution in [0.5, 0.6) is 0 Å². The maximum absolute atomic E-state index is 12.9. The topological polar surface area (TPSA) is 93.3 Å². The number of aromatic nitrogens is 2. The highest BCUT2D eigenvalue weighted by Crippen LogP contribution is 2.37. The lowest BCUT2D eigenvalue weighted by molar-refractivity contribution is -0.384. The number of piperidine rings is 1. The molecule has 1 aromatic heterocycles. The number of aryl methyl sites for hydroxylation is 1. The Morgan fingerprint density at radius 3 is 2.63 bits per heavy atom. The van der Waals surface area contributed by atoms with E-state index in [0.717, 1.165) is 25.1 Å². The summed E-state index contributed by atoms with van der Waals surface area (Å²) in [5.41, 5.74) is -1.48. The number of nitrogens with one attached hydrogen (secondary N) is 1. The molecule has 0 bridgehead atoms. The molecule has 1 aliphatic heterocycles. The molecule has 3 rings (SSSR count). The maximum atomic E-state index is 12.9. The van der Waals surface area contributed by atoms with Gasteiger partial charge in [-0.1, -0.05) is 0 Å². The average Bonchev–Trinajstić information content (AvgIpc) is 3.23. The van der Waals surface area contributed by atoms with E-state index in [0.29, 0.717) is 38.5 Å². The Hall–Kier alpha value is -3.11. The number of anilines is 1. The van der Waals surface area contributed by atoms with Gasteiger partial charge >= 0.3 is 6.18 Å². The number of hydrogen-bond donors (Lipinski definition) is 1. The normalized spacial score (nSPS) is 15.2. The quantitative estimate of drug-likeness (QED) is 0.418. The number of halogens is 3. The summed E-state index contributed by atoms with van der Waals surface area (Å²) in [5, 5.41) is 14.2. The van der Waals surface area contributed by atoms with Gasteiger partial charge in [-0.15, -0.1) is 0 Å². The van der Waals surface area contributed by atoms with E-state index in [2.05, 4.69) is 10.3 Å². The Labute approximate surface area is 170 Å². The smallest absolute Gasteiger partial charge is 0.366 e. The second kappa shape index (κ2) is 9.14. The van der Waals surface area contributed by atoms with Gasteiger partial charge < -0.3 is 14.8 Å². The highest BCUT2D eigenvalue weighted by atomic mass is 19.4. The summed E-state index contributed by atoms with van der Waals surface area (Å²) in [4.78, 5) is 28.5. The summed E-state index contributed by atoms with van der Waals surface area (Å²) >= 11 is 0. The predicted molar refractivity (Wildman–Crippen MR) is 103 cm³/mol. The van der Waals surface area contributed by atoms with Crippen molar-refractivity contribution in [2.24, 2.45) is 5.92 Å². The fraction of sp³-hybridized carbons (Fsp3) is 0.474. The minimum Gasteiger partial charge on any atom is -0.366 e. The molecule has 0 spiro atoms. The fourth-order valence-corrected chi connectivity index (χ4v) is 3.53. The Bertz CT molecular complexity index is 878. The maximum Gasteiger partial charge on any atom is 0.416 e. The number of nitro benzene ring substituents is 1. The molecule has 0 saturated carbocycles. The van der Waals surface area contributed by atoms with E-state index in [9.17, 15) is 28.1 Å². The van der Waals surface area contributed by atoms with Gasteiger partial charge in [0.25, 0.3) is 5.69 Å². The van der Waals surface area contributed by atoms with Crippen molar-refractivity contribution in [3.63, 3.8) is 0 Å². The van der Waals surface area contributed by atoms with E-state index in [1.165, 1.54) is 0 Å². The van der Waals surface area contributed by atoms with Crippen molar-refractivity contribution in [1.29, 1.82) is 0 Å². The molecule has 8 nitrogen and oxygen atoms in total. The van der Waals surface area contributed by atoms with Crippen molar-refractivity contribution >= 4 is 17.3 Å². The Morgan fingerprint density at radius 1 is 1.30 bits per heavy atom. The standard InChI is InChI=1S/C19H22F3N5O3/c20-19(21,22)15-2-3-16(17(12-15)27(29)30)26-9-4-14(5-10-26)18(28)24-6-1-8-25-11-7-23-13-25/h2-3,7,11-14H,1,4-6,8-10H2,(H,24,28). The molecule has 162 valence electrons. The van der Waals surface area contributed by atoms with Crippen LogP contribution in [0.15, 0.2) is 36.9 Å². The van der Waals surface area contributed by atoms with Crippen molar-refractivity contribution in [1.82, 2.24) is 14.9 Å². The Morgan fingerprint density at radius 2 is 2.03 bits per heavy atom. The molecular formula is C19H22F3N5O3. The van der Waals surface area contributed by atoms with Gasteiger partial charge in [-0.2, -0.15) is 13.2 Å². The zero-order valence-corrected chi connectivity index (χ0v) is 16.1. The van der Waals surface area contributed by atoms with Crippen LogP contribution in [-0.4, -0.2) is 40.0 Å². The number of benzene rings is 1. The number of carbonyl (C=O) groups is 1. The minimum absolute atomic E-state index is 0.0674. The van der Waals surface area contributed by atoms with E-state index in [1.807, 2.05) is 10.8 Å². The first-order chi connectivity index (χ1) is 14.3. The summed E-state index contributed by atoms with van der Waals surface area (Å²) < 4.78 is 40.5. The van der Waals surface area contributed by atoms with Gasteiger partial charge in [0, 0.05) is 50.6 Å². The number of nitrogens with zero attached hydrogens (tertiary/aromatic N) is 4. The first-order valence-corrected chi connectivity index (χ1v) is 9.60. The number of carbonyl (C=O) groups excluding carboxylic acids is 1. The number of imidazole rings is 1. The first-order valence-electron chi connectivity index (χ1n) is 9.60. The lowest BCUT2D eigenvalue weighted by Gasteiger charge is -2.32. The molecule has 1 aromatic carbocycles. The zero-order chi connectivity index (χ0) is 21.7. The molecule has 0 atom stereocenters. The fourth-order valence-electron chi connectivity index (χ4n) is 3.53. The molecule has 1 aliphatic rings. The number of amides is 1. The lowest BCUT2D eigenvalue weighted by atomic mass is 9.95. The predicted octanol–water partition coefficient (Wildman–Crippen LogP) is 3.23. The van der Waals surface area contributed by atoms with Crippen LogP contribution in [0, 0.1) is 16.0 Å². The second-order valence-electron chi connectivity index (χ2n) is 7.16. The summed E-state index contributed by atoms with van der Waals surface area (Å²) in [6.07, 6.45) is 2.31. The molecule has 0 unspecified atom stereocenters. The molecule has 0 aliphatic carbocycles. The summed E-state index contributed by atoms with van der Waals surface area (Å²) in [6, 6.07) is 2.55. The van der Waals surface area contributed by atoms with E-state index < -0.39 is 22.4 Å². The first kappa shape index (κ1) is 21.6. The molecular weight excluding hydrogens is 403 g/mol. The highest BCUT2D eigenvalue weighted by Gasteiger charge is 2.34. The molecule has 2 heterocycles. The summed E-state index contributed by atoms with van der Waals surface area (Å²) in [5.74, 6) is -0.287. The van der Waals surface area contributed by atoms with Gasteiger partial charge in [0.2, 0.25) is 5.91 Å². The molecule has 2 aromatic rings.